The molecule has 0 radical (unpaired) electrons. The van der Waals surface area contributed by atoms with E-state index < -0.39 is 128 Å². The summed E-state index contributed by atoms with van der Waals surface area (Å²) < 4.78 is 23.2. The Bertz CT molecular complexity index is 3320. The Morgan fingerprint density at radius 2 is 1.01 bits per heavy atom. The smallest absolute Gasteiger partial charge is 0.870 e. The number of nitrogens with one attached hydrogen (secondary N) is 5. The predicted molar refractivity (Wildman–Crippen MR) is 353 cm³/mol. The summed E-state index contributed by atoms with van der Waals surface area (Å²) in [6, 6.07) is 37.5. The molecule has 2 saturated heterocycles. The van der Waals surface area contributed by atoms with Crippen LogP contribution in [0.1, 0.15) is 90.6 Å². The van der Waals surface area contributed by atoms with Crippen molar-refractivity contribution in [3.63, 3.8) is 0 Å². The van der Waals surface area contributed by atoms with Gasteiger partial charge in [0.1, 0.15) is 36.2 Å². The first-order valence-corrected chi connectivity index (χ1v) is 33.7. The Balaban J connectivity index is 0.00000680. The van der Waals surface area contributed by atoms with Gasteiger partial charge in [-0.3, -0.25) is 28.8 Å². The Hall–Kier alpha value is -5.48. The van der Waals surface area contributed by atoms with Gasteiger partial charge in [0.25, 0.3) is 11.8 Å². The van der Waals surface area contributed by atoms with Crippen LogP contribution in [0.5, 0.6) is 0 Å². The molecule has 2 heterocycles. The number of carboxylic acids is 1. The fourth-order valence-electron chi connectivity index (χ4n) is 10.8. The Labute approximate surface area is 621 Å². The van der Waals surface area contributed by atoms with Crippen LogP contribution in [0.2, 0.25) is 0 Å². The van der Waals surface area contributed by atoms with Crippen molar-refractivity contribution in [2.75, 3.05) is 49.3 Å². The summed E-state index contributed by atoms with van der Waals surface area (Å²) in [7, 11) is 0. The van der Waals surface area contributed by atoms with Gasteiger partial charge in [-0.15, -0.1) is 0 Å². The molecule has 0 bridgehead atoms. The van der Waals surface area contributed by atoms with Crippen LogP contribution in [-0.4, -0.2) is 205 Å². The number of aliphatic hydroxyl groups excluding tert-OH is 6. The third kappa shape index (κ3) is 25.8. The van der Waals surface area contributed by atoms with E-state index in [-0.39, 0.29) is 114 Å². The van der Waals surface area contributed by atoms with Crippen molar-refractivity contribution in [1.29, 1.82) is 0 Å². The SMILES string of the molecule is CC(=O)N[C@H]1[C@H]([C@H](O)[C@H](O)CNC(=O)c2ccc(-c3ccccc3)cc2)O[C@]([C-]=O)(OCCCSCCC(=O)CCc2ccc(CNC(=O)CCSCCCO[C@]3(C(=O)[O-])C[C@H](O)[C@@H](NC(C)=O)[C@H]([C@H](O)[C@H](O)CNC(=O)c4ccc(-c5ccccc5)cc4)O3)cc2)C[C@@H]1O.[Na+].[Na+].[OH-]. The van der Waals surface area contributed by atoms with E-state index in [2.05, 4.69) is 26.6 Å². The number of hydrogen-bond acceptors (Lipinski definition) is 22. The van der Waals surface area contributed by atoms with Crippen LogP contribution >= 0.6 is 23.5 Å². The topological polar surface area (TPSA) is 408 Å². The van der Waals surface area contributed by atoms with Crippen LogP contribution in [0.4, 0.5) is 0 Å². The van der Waals surface area contributed by atoms with Gasteiger partial charge in [0, 0.05) is 94.8 Å². The number of ether oxygens (including phenoxy) is 4. The van der Waals surface area contributed by atoms with Crippen LogP contribution in [-0.2, 0) is 60.7 Å². The Morgan fingerprint density at radius 1 is 0.571 bits per heavy atom. The van der Waals surface area contributed by atoms with Crippen molar-refractivity contribution in [2.24, 2.45) is 0 Å². The molecule has 0 aromatic heterocycles. The molecule has 520 valence electrons. The first kappa shape index (κ1) is 84.9. The number of rotatable bonds is 37. The number of benzene rings is 5. The molecule has 5 amide bonds. The van der Waals surface area contributed by atoms with Crippen molar-refractivity contribution < 1.29 is 158 Å². The van der Waals surface area contributed by atoms with E-state index >= 15 is 0 Å². The molecule has 0 saturated carbocycles. The second kappa shape index (κ2) is 42.7. The van der Waals surface area contributed by atoms with E-state index in [1.54, 1.807) is 54.8 Å². The zero-order valence-corrected chi connectivity index (χ0v) is 60.9. The van der Waals surface area contributed by atoms with Gasteiger partial charge in [-0.1, -0.05) is 109 Å². The fraction of sp³-hybridized carbons (Fsp3) is 0.449. The predicted octanol–water partition coefficient (Wildman–Crippen LogP) is -4.11. The molecule has 12 atom stereocenters. The maximum Gasteiger partial charge on any atom is 1.00 e. The molecular formula is C69H84N5Na2O20S2-. The number of ketones is 1. The third-order valence-corrected chi connectivity index (χ3v) is 18.1. The summed E-state index contributed by atoms with van der Waals surface area (Å²) >= 11 is 2.91. The fourth-order valence-corrected chi connectivity index (χ4v) is 12.6. The molecule has 7 rings (SSSR count). The average molecular weight is 1410 g/mol. The van der Waals surface area contributed by atoms with E-state index in [1.807, 2.05) is 84.9 Å². The minimum atomic E-state index is -2.58. The Kier molecular flexibility index (Phi) is 37.0. The van der Waals surface area contributed by atoms with E-state index in [4.69, 9.17) is 18.9 Å². The first-order chi connectivity index (χ1) is 45.6. The molecule has 0 spiro atoms. The molecule has 2 fully saturated rings. The maximum atomic E-state index is 13.0. The van der Waals surface area contributed by atoms with Crippen LogP contribution in [0.3, 0.4) is 0 Å². The minimum absolute atomic E-state index is 0. The van der Waals surface area contributed by atoms with Gasteiger partial charge in [0.2, 0.25) is 23.5 Å². The number of aliphatic hydroxyl groups is 6. The maximum absolute atomic E-state index is 13.0. The number of aryl methyl sites for hydroxylation is 1. The second-order valence-electron chi connectivity index (χ2n) is 23.2. The standard InChI is InChI=1S/C69H84N5O19S2.2Na.H2O/c1-43(76)73-59-54(79)37-68(42-75,92-63(59)61(84)56(81)40-71-65(86)51-24-20-49(21-25-51)47-11-5-3-6-12-47)90-31-9-33-94-35-29-53(78)28-19-45-15-17-46(18-16-45)39-70-58(83)30-36-95-34-10-32-91-69(67(88)89)38-55(80)60(74-44(2)77)64(93-69)62(85)57(82)41-72-66(87)52-26-22-50(23-27-52)48-13-7-4-8-14-48;;;/h3-8,11-18,20-27,54-57,59-64,79-82,84-85H,9-10,19,28-41H2,1-2H3,(H,70,83)(H,71,86)(H,72,87)(H,73,76)(H,74,77)(H,88,89);;;1H2/q-1;2*+1;/p-2/t54-,55-,56+,57+,59+,60+,61+,62+,63+,64+,68+,69+;;;/m0.../s1. The van der Waals surface area contributed by atoms with Gasteiger partial charge in [0.15, 0.2) is 0 Å². The summed E-state index contributed by atoms with van der Waals surface area (Å²) in [5, 5.41) is 92.3. The number of carbonyl (C=O) groups is 7. The number of carboxylic acid groups (broad SMARTS) is 1. The molecule has 98 heavy (non-hydrogen) atoms. The molecule has 25 nitrogen and oxygen atoms in total. The van der Waals surface area contributed by atoms with Crippen LogP contribution in [0.25, 0.3) is 22.3 Å². The number of Topliss-reactive ketones (excluding diaryl/α,β-unsaturated/α-hetero) is 1. The van der Waals surface area contributed by atoms with E-state index in [1.165, 1.54) is 30.4 Å². The normalized spacial score (nSPS) is 21.5. The quantitative estimate of drug-likeness (QED) is 0.0102. The number of carbonyl (C=O) groups excluding carboxylic acids is 8. The molecule has 5 aromatic rings. The minimum Gasteiger partial charge on any atom is -0.870 e. The summed E-state index contributed by atoms with van der Waals surface area (Å²) in [6.45, 7) is 1.42. The van der Waals surface area contributed by atoms with E-state index in [0.717, 1.165) is 40.3 Å². The molecule has 2 aliphatic heterocycles. The Morgan fingerprint density at radius 3 is 1.48 bits per heavy atom. The monoisotopic (exact) mass is 1410 g/mol. The van der Waals surface area contributed by atoms with Crippen molar-refractivity contribution in [2.45, 2.75) is 144 Å². The molecule has 5 aromatic carbocycles. The number of aliphatic carboxylic acids is 1. The summed E-state index contributed by atoms with van der Waals surface area (Å²) in [6.07, 6.45) is -11.0. The molecule has 0 unspecified atom stereocenters. The number of hydrogen-bond donors (Lipinski definition) is 11. The van der Waals surface area contributed by atoms with Crippen LogP contribution < -0.4 is 90.8 Å². The molecular weight excluding hydrogens is 1330 g/mol. The van der Waals surface area contributed by atoms with Crippen LogP contribution in [0, 0.1) is 0 Å². The van der Waals surface area contributed by atoms with E-state index in [9.17, 15) is 74.1 Å². The summed E-state index contributed by atoms with van der Waals surface area (Å²) in [5.74, 6) is -7.11. The van der Waals surface area contributed by atoms with Crippen molar-refractivity contribution in [3.05, 3.63) is 156 Å². The molecule has 12 N–H and O–H groups in total. The van der Waals surface area contributed by atoms with Crippen LogP contribution in [0.15, 0.2) is 133 Å². The molecule has 29 heteroatoms. The summed E-state index contributed by atoms with van der Waals surface area (Å²) in [4.78, 5) is 101. The first-order valence-electron chi connectivity index (χ1n) is 31.4. The number of amides is 5. The van der Waals surface area contributed by atoms with Gasteiger partial charge in [-0.25, -0.2) is 6.29 Å². The van der Waals surface area contributed by atoms with Gasteiger partial charge in [0.05, 0.1) is 48.9 Å². The van der Waals surface area contributed by atoms with Crippen molar-refractivity contribution in [1.82, 2.24) is 26.6 Å². The van der Waals surface area contributed by atoms with Gasteiger partial charge in [-0.05, 0) is 88.4 Å². The largest absolute Gasteiger partial charge is 1.00 e. The second-order valence-corrected chi connectivity index (χ2v) is 25.7. The molecule has 2 aliphatic rings. The van der Waals surface area contributed by atoms with Gasteiger partial charge in [-0.2, -0.15) is 23.5 Å². The zero-order chi connectivity index (χ0) is 68.5. The zero-order valence-electron chi connectivity index (χ0n) is 55.3. The van der Waals surface area contributed by atoms with Crippen molar-refractivity contribution in [3.8, 4) is 22.3 Å². The van der Waals surface area contributed by atoms with Gasteiger partial charge < -0.3 is 96.3 Å². The third-order valence-electron chi connectivity index (χ3n) is 16.0. The molecule has 0 aliphatic carbocycles. The van der Waals surface area contributed by atoms with Gasteiger partial charge >= 0.3 is 59.1 Å². The van der Waals surface area contributed by atoms with E-state index in [0.29, 0.717) is 54.3 Å². The average Bonchev–Trinajstić information content (AvgIpc) is 0.777. The van der Waals surface area contributed by atoms with Crippen molar-refractivity contribution >= 4 is 71.1 Å². The number of thioether (sulfide) groups is 2. The summed E-state index contributed by atoms with van der Waals surface area (Å²) in [5.41, 5.74) is 6.04.